The van der Waals surface area contributed by atoms with Crippen molar-refractivity contribution >= 4 is 35.2 Å². The highest BCUT2D eigenvalue weighted by Crippen LogP contribution is 2.18. The molecule has 0 saturated carbocycles. The molecule has 3 aromatic rings. The lowest BCUT2D eigenvalue weighted by molar-refractivity contribution is -0.112. The van der Waals surface area contributed by atoms with Crippen molar-refractivity contribution in [2.24, 2.45) is 0 Å². The van der Waals surface area contributed by atoms with E-state index in [0.717, 1.165) is 5.56 Å². The predicted molar refractivity (Wildman–Crippen MR) is 118 cm³/mol. The maximum absolute atomic E-state index is 12.4. The van der Waals surface area contributed by atoms with E-state index < -0.39 is 11.9 Å². The van der Waals surface area contributed by atoms with Crippen LogP contribution in [0.15, 0.2) is 78.4 Å². The van der Waals surface area contributed by atoms with E-state index in [1.54, 1.807) is 42.5 Å². The van der Waals surface area contributed by atoms with E-state index in [2.05, 4.69) is 5.32 Å². The SMILES string of the molecule is N#C/C(=C/c1ccc(OCc2ccc(Cl)cc2)cc1)C(=O)Nc1cccc(C(=O)O)c1. The van der Waals surface area contributed by atoms with E-state index in [9.17, 15) is 14.9 Å². The molecule has 3 aromatic carbocycles. The van der Waals surface area contributed by atoms with Crippen molar-refractivity contribution in [1.82, 2.24) is 0 Å². The molecule has 0 aromatic heterocycles. The zero-order valence-electron chi connectivity index (χ0n) is 16.2. The molecule has 2 N–H and O–H groups in total. The first-order chi connectivity index (χ1) is 14.9. The van der Waals surface area contributed by atoms with Crippen LogP contribution in [0.1, 0.15) is 21.5 Å². The molecule has 3 rings (SSSR count). The minimum atomic E-state index is -1.11. The fourth-order valence-electron chi connectivity index (χ4n) is 2.65. The van der Waals surface area contributed by atoms with Crippen LogP contribution in [0.2, 0.25) is 5.02 Å². The van der Waals surface area contributed by atoms with Gasteiger partial charge in [-0.25, -0.2) is 4.79 Å². The summed E-state index contributed by atoms with van der Waals surface area (Å²) in [6, 6.07) is 21.9. The lowest BCUT2D eigenvalue weighted by Crippen LogP contribution is -2.13. The Labute approximate surface area is 184 Å². The van der Waals surface area contributed by atoms with Crippen molar-refractivity contribution in [2.45, 2.75) is 6.61 Å². The molecule has 0 atom stereocenters. The zero-order valence-corrected chi connectivity index (χ0v) is 17.0. The van der Waals surface area contributed by atoms with Gasteiger partial charge in [-0.2, -0.15) is 5.26 Å². The fraction of sp³-hybridized carbons (Fsp3) is 0.0417. The number of ether oxygens (including phenoxy) is 1. The van der Waals surface area contributed by atoms with Crippen LogP contribution < -0.4 is 10.1 Å². The minimum Gasteiger partial charge on any atom is -0.489 e. The normalized spacial score (nSPS) is 10.8. The molecule has 0 bridgehead atoms. The van der Waals surface area contributed by atoms with E-state index in [-0.39, 0.29) is 16.8 Å². The highest BCUT2D eigenvalue weighted by molar-refractivity contribution is 6.30. The number of nitrogens with zero attached hydrogens (tertiary/aromatic N) is 1. The number of carboxylic acids is 1. The molecule has 0 heterocycles. The van der Waals surface area contributed by atoms with Crippen LogP contribution in [-0.4, -0.2) is 17.0 Å². The third-order valence-corrected chi connectivity index (χ3v) is 4.49. The topological polar surface area (TPSA) is 99.4 Å². The van der Waals surface area contributed by atoms with Crippen LogP contribution in [0.3, 0.4) is 0 Å². The van der Waals surface area contributed by atoms with Gasteiger partial charge in [0.15, 0.2) is 0 Å². The number of nitriles is 1. The number of hydrogen-bond acceptors (Lipinski definition) is 4. The number of benzene rings is 3. The van der Waals surface area contributed by atoms with Crippen molar-refractivity contribution in [3.63, 3.8) is 0 Å². The Bertz CT molecular complexity index is 1160. The smallest absolute Gasteiger partial charge is 0.335 e. The molecule has 0 unspecified atom stereocenters. The number of amides is 1. The van der Waals surface area contributed by atoms with Crippen LogP contribution in [0, 0.1) is 11.3 Å². The highest BCUT2D eigenvalue weighted by atomic mass is 35.5. The van der Waals surface area contributed by atoms with E-state index in [1.165, 1.54) is 24.3 Å². The van der Waals surface area contributed by atoms with Gasteiger partial charge < -0.3 is 15.2 Å². The average molecular weight is 433 g/mol. The van der Waals surface area contributed by atoms with Crippen molar-refractivity contribution in [1.29, 1.82) is 5.26 Å². The lowest BCUT2D eigenvalue weighted by Gasteiger charge is -2.07. The second-order valence-corrected chi connectivity index (χ2v) is 6.93. The van der Waals surface area contributed by atoms with Crippen LogP contribution in [-0.2, 0) is 11.4 Å². The largest absolute Gasteiger partial charge is 0.489 e. The number of nitrogens with one attached hydrogen (secondary N) is 1. The summed E-state index contributed by atoms with van der Waals surface area (Å²) in [6.07, 6.45) is 1.44. The van der Waals surface area contributed by atoms with Crippen LogP contribution >= 0.6 is 11.6 Å². The number of rotatable bonds is 7. The van der Waals surface area contributed by atoms with Gasteiger partial charge in [-0.15, -0.1) is 0 Å². The molecule has 0 aliphatic heterocycles. The monoisotopic (exact) mass is 432 g/mol. The third kappa shape index (κ3) is 6.20. The molecule has 154 valence electrons. The fourth-order valence-corrected chi connectivity index (χ4v) is 2.78. The van der Waals surface area contributed by atoms with E-state index >= 15 is 0 Å². The first-order valence-corrected chi connectivity index (χ1v) is 9.56. The Kier molecular flexibility index (Phi) is 7.05. The number of hydrogen-bond donors (Lipinski definition) is 2. The van der Waals surface area contributed by atoms with Crippen LogP contribution in [0.5, 0.6) is 5.75 Å². The van der Waals surface area contributed by atoms with Crippen molar-refractivity contribution < 1.29 is 19.4 Å². The van der Waals surface area contributed by atoms with Crippen molar-refractivity contribution in [3.8, 4) is 11.8 Å². The summed E-state index contributed by atoms with van der Waals surface area (Å²) in [5.74, 6) is -1.10. The Hall–Kier alpha value is -4.08. The molecule has 0 aliphatic rings. The van der Waals surface area contributed by atoms with Gasteiger partial charge in [0.1, 0.15) is 24.0 Å². The Balaban J connectivity index is 1.65. The summed E-state index contributed by atoms with van der Waals surface area (Å²) in [5, 5.41) is 21.6. The van der Waals surface area contributed by atoms with E-state index in [0.29, 0.717) is 22.9 Å². The van der Waals surface area contributed by atoms with E-state index in [4.69, 9.17) is 21.4 Å². The molecule has 7 heteroatoms. The van der Waals surface area contributed by atoms with E-state index in [1.807, 2.05) is 18.2 Å². The van der Waals surface area contributed by atoms with Crippen molar-refractivity contribution in [2.75, 3.05) is 5.32 Å². The lowest BCUT2D eigenvalue weighted by atomic mass is 10.1. The summed E-state index contributed by atoms with van der Waals surface area (Å²) in [4.78, 5) is 23.4. The number of carboxylic acid groups (broad SMARTS) is 1. The second-order valence-electron chi connectivity index (χ2n) is 6.49. The summed E-state index contributed by atoms with van der Waals surface area (Å²) in [7, 11) is 0. The summed E-state index contributed by atoms with van der Waals surface area (Å²) < 4.78 is 5.72. The van der Waals surface area contributed by atoms with Gasteiger partial charge in [-0.1, -0.05) is 41.9 Å². The van der Waals surface area contributed by atoms with Gasteiger partial charge in [-0.05, 0) is 59.7 Å². The van der Waals surface area contributed by atoms with Gasteiger partial charge in [0, 0.05) is 10.7 Å². The molecule has 0 spiro atoms. The van der Waals surface area contributed by atoms with Crippen LogP contribution in [0.4, 0.5) is 5.69 Å². The number of halogens is 1. The predicted octanol–water partition coefficient (Wildman–Crippen LogP) is 5.16. The van der Waals surface area contributed by atoms with Gasteiger partial charge in [0.05, 0.1) is 5.56 Å². The summed E-state index contributed by atoms with van der Waals surface area (Å²) in [5.41, 5.74) is 1.83. The standard InChI is InChI=1S/C24H17ClN2O4/c25-20-8-4-17(5-9-20)15-31-22-10-6-16(7-11-22)12-19(14-26)23(28)27-21-3-1-2-18(13-21)24(29)30/h1-13H,15H2,(H,27,28)(H,29,30)/b19-12-. The third-order valence-electron chi connectivity index (χ3n) is 4.24. The molecule has 31 heavy (non-hydrogen) atoms. The molecule has 0 fully saturated rings. The maximum atomic E-state index is 12.4. The Morgan fingerprint density at radius 1 is 1.06 bits per heavy atom. The number of carbonyl (C=O) groups is 2. The number of aromatic carboxylic acids is 1. The van der Waals surface area contributed by atoms with Gasteiger partial charge in [0.25, 0.3) is 5.91 Å². The quantitative estimate of drug-likeness (QED) is 0.396. The molecule has 0 radical (unpaired) electrons. The molecule has 6 nitrogen and oxygen atoms in total. The zero-order chi connectivity index (χ0) is 22.2. The molecular formula is C24H17ClN2O4. The Morgan fingerprint density at radius 3 is 2.42 bits per heavy atom. The molecule has 1 amide bonds. The van der Waals surface area contributed by atoms with Gasteiger partial charge in [0.2, 0.25) is 0 Å². The highest BCUT2D eigenvalue weighted by Gasteiger charge is 2.11. The minimum absolute atomic E-state index is 0.0366. The van der Waals surface area contributed by atoms with Gasteiger partial charge >= 0.3 is 5.97 Å². The first kappa shape index (κ1) is 21.6. The molecule has 0 aliphatic carbocycles. The first-order valence-electron chi connectivity index (χ1n) is 9.18. The molecular weight excluding hydrogens is 416 g/mol. The van der Waals surface area contributed by atoms with Crippen LogP contribution in [0.25, 0.3) is 6.08 Å². The summed E-state index contributed by atoms with van der Waals surface area (Å²) >= 11 is 5.87. The maximum Gasteiger partial charge on any atom is 0.335 e. The second kappa shape index (κ2) is 10.1. The Morgan fingerprint density at radius 2 is 1.77 bits per heavy atom. The average Bonchev–Trinajstić information content (AvgIpc) is 2.78. The van der Waals surface area contributed by atoms with Gasteiger partial charge in [-0.3, -0.25) is 4.79 Å². The summed E-state index contributed by atoms with van der Waals surface area (Å²) in [6.45, 7) is 0.383. The number of anilines is 1. The molecule has 0 saturated heterocycles. The van der Waals surface area contributed by atoms with Crippen molar-refractivity contribution in [3.05, 3.63) is 100 Å². The number of carbonyl (C=O) groups excluding carboxylic acids is 1.